The van der Waals surface area contributed by atoms with Crippen LogP contribution in [0.15, 0.2) is 66.8 Å². The van der Waals surface area contributed by atoms with Crippen molar-refractivity contribution < 1.29 is 28.9 Å². The van der Waals surface area contributed by atoms with Crippen LogP contribution in [0, 0.1) is 11.8 Å². The molecule has 0 heterocycles. The minimum absolute atomic E-state index is 0.00495. The first kappa shape index (κ1) is 34.3. The van der Waals surface area contributed by atoms with E-state index in [1.807, 2.05) is 0 Å². The minimum Gasteiger partial charge on any atom is -0.462 e. The van der Waals surface area contributed by atoms with Crippen molar-refractivity contribution in [2.24, 2.45) is 11.8 Å². The first-order chi connectivity index (χ1) is 20.8. The molecule has 0 aromatic heterocycles. The van der Waals surface area contributed by atoms with Gasteiger partial charge < -0.3 is 19.3 Å². The molecule has 1 unspecified atom stereocenters. The molecule has 1 aliphatic rings. The van der Waals surface area contributed by atoms with E-state index in [1.165, 1.54) is 54.2 Å². The Labute approximate surface area is 258 Å². The summed E-state index contributed by atoms with van der Waals surface area (Å²) in [5.74, 6) is -0.608. The van der Waals surface area contributed by atoms with E-state index < -0.39 is 18.5 Å². The van der Waals surface area contributed by atoms with Gasteiger partial charge in [0.05, 0.1) is 37.6 Å². The van der Waals surface area contributed by atoms with Gasteiger partial charge in [-0.15, -0.1) is 0 Å². The van der Waals surface area contributed by atoms with Gasteiger partial charge in [0.2, 0.25) is 0 Å². The van der Waals surface area contributed by atoms with Crippen LogP contribution in [0.2, 0.25) is 0 Å². The zero-order valence-corrected chi connectivity index (χ0v) is 26.4. The van der Waals surface area contributed by atoms with Crippen molar-refractivity contribution in [2.45, 2.75) is 77.6 Å². The van der Waals surface area contributed by atoms with E-state index in [0.29, 0.717) is 5.92 Å². The predicted octanol–water partition coefficient (Wildman–Crippen LogP) is 7.38. The Balaban J connectivity index is 1.63. The van der Waals surface area contributed by atoms with Crippen LogP contribution in [0.4, 0.5) is 0 Å². The van der Waals surface area contributed by atoms with Crippen LogP contribution in [-0.2, 0) is 36.6 Å². The predicted molar refractivity (Wildman–Crippen MR) is 172 cm³/mol. The summed E-state index contributed by atoms with van der Waals surface area (Å²) in [6.45, 7) is 11.6. The van der Waals surface area contributed by atoms with Crippen LogP contribution < -0.4 is 0 Å². The second-order valence-corrected chi connectivity index (χ2v) is 11.8. The minimum atomic E-state index is -0.631. The molecule has 0 saturated heterocycles. The number of methoxy groups -OCH3 is 1. The Morgan fingerprint density at radius 1 is 0.907 bits per heavy atom. The van der Waals surface area contributed by atoms with Gasteiger partial charge in [-0.05, 0) is 84.6 Å². The van der Waals surface area contributed by atoms with Crippen molar-refractivity contribution in [2.75, 3.05) is 33.5 Å². The number of unbranched alkanes of at least 4 members (excludes halogenated alkanes) is 2. The average molecular weight is 591 g/mol. The number of carbonyl (C=O) groups is 2. The number of esters is 2. The number of hydrogen-bond acceptors (Lipinski definition) is 6. The van der Waals surface area contributed by atoms with E-state index in [9.17, 15) is 14.7 Å². The topological polar surface area (TPSA) is 82.1 Å². The largest absolute Gasteiger partial charge is 0.462 e. The van der Waals surface area contributed by atoms with Crippen molar-refractivity contribution in [3.8, 4) is 11.1 Å². The lowest BCUT2D eigenvalue weighted by atomic mass is 9.74. The number of aliphatic hydroxyl groups excluding tert-OH is 1. The van der Waals surface area contributed by atoms with Gasteiger partial charge in [-0.3, -0.25) is 0 Å². The molecule has 1 aliphatic carbocycles. The molecule has 1 fully saturated rings. The van der Waals surface area contributed by atoms with E-state index in [0.717, 1.165) is 38.5 Å². The lowest BCUT2D eigenvalue weighted by molar-refractivity contribution is -0.146. The first-order valence-corrected chi connectivity index (χ1v) is 15.8. The number of carbonyl (C=O) groups excluding carboxylic acids is 2. The third kappa shape index (κ3) is 10.2. The number of aryl methyl sites for hydroxylation is 2. The lowest BCUT2D eigenvalue weighted by Gasteiger charge is -2.33. The maximum absolute atomic E-state index is 12.3. The maximum atomic E-state index is 12.3. The molecule has 6 nitrogen and oxygen atoms in total. The molecule has 1 N–H and O–H groups in total. The summed E-state index contributed by atoms with van der Waals surface area (Å²) in [4.78, 5) is 24.5. The van der Waals surface area contributed by atoms with Crippen LogP contribution in [0.5, 0.6) is 0 Å². The third-order valence-corrected chi connectivity index (χ3v) is 8.69. The highest BCUT2D eigenvalue weighted by atomic mass is 16.5. The highest BCUT2D eigenvalue weighted by Crippen LogP contribution is 2.40. The Morgan fingerprint density at radius 3 is 2.14 bits per heavy atom. The van der Waals surface area contributed by atoms with Crippen molar-refractivity contribution in [3.05, 3.63) is 83.5 Å². The molecule has 2 aromatic rings. The van der Waals surface area contributed by atoms with Gasteiger partial charge in [-0.2, -0.15) is 0 Å². The molecule has 234 valence electrons. The molecule has 0 bridgehead atoms. The molecule has 2 aromatic carbocycles. The smallest absolute Gasteiger partial charge is 0.335 e. The number of hydrogen-bond donors (Lipinski definition) is 1. The average Bonchev–Trinajstić information content (AvgIpc) is 3.04. The van der Waals surface area contributed by atoms with E-state index in [2.05, 4.69) is 69.5 Å². The maximum Gasteiger partial charge on any atom is 0.335 e. The molecule has 0 spiro atoms. The number of rotatable bonds is 17. The van der Waals surface area contributed by atoms with E-state index in [4.69, 9.17) is 14.2 Å². The molecule has 1 atom stereocenters. The van der Waals surface area contributed by atoms with Crippen LogP contribution >= 0.6 is 0 Å². The van der Waals surface area contributed by atoms with Crippen LogP contribution in [0.1, 0.15) is 81.4 Å². The van der Waals surface area contributed by atoms with Crippen molar-refractivity contribution in [1.82, 2.24) is 0 Å². The van der Waals surface area contributed by atoms with Crippen molar-refractivity contribution >= 4 is 11.9 Å². The molecule has 3 rings (SSSR count). The molecule has 43 heavy (non-hydrogen) atoms. The zero-order chi connectivity index (χ0) is 31.2. The molecule has 6 heteroatoms. The SMILES string of the molecule is C=C(CO)C(=O)OCC(COC(=O)C(=C)COC)C1CCC(c2ccc(-c3ccc(CCCCC)cc3CC)cc2)CC1. The molecule has 0 amide bonds. The number of ether oxygens (including phenoxy) is 3. The fourth-order valence-electron chi connectivity index (χ4n) is 6.00. The Hall–Kier alpha value is -3.22. The van der Waals surface area contributed by atoms with E-state index >= 15 is 0 Å². The third-order valence-electron chi connectivity index (χ3n) is 8.69. The summed E-state index contributed by atoms with van der Waals surface area (Å²) in [6.07, 6.45) is 9.82. The lowest BCUT2D eigenvalue weighted by Crippen LogP contribution is -2.31. The molecular formula is C37H50O6. The fourth-order valence-corrected chi connectivity index (χ4v) is 6.00. The van der Waals surface area contributed by atoms with Gasteiger partial charge >= 0.3 is 11.9 Å². The highest BCUT2D eigenvalue weighted by Gasteiger charge is 2.30. The number of benzene rings is 2. The molecule has 1 saturated carbocycles. The molecule has 0 radical (unpaired) electrons. The van der Waals surface area contributed by atoms with Gasteiger partial charge in [0.1, 0.15) is 0 Å². The second kappa shape index (κ2) is 17.8. The summed E-state index contributed by atoms with van der Waals surface area (Å²) in [6, 6.07) is 16.0. The van der Waals surface area contributed by atoms with Gasteiger partial charge in [-0.1, -0.05) is 82.3 Å². The first-order valence-electron chi connectivity index (χ1n) is 15.8. The Kier molecular flexibility index (Phi) is 14.2. The summed E-state index contributed by atoms with van der Waals surface area (Å²) in [7, 11) is 1.50. The summed E-state index contributed by atoms with van der Waals surface area (Å²) < 4.78 is 15.9. The van der Waals surface area contributed by atoms with Gasteiger partial charge in [0, 0.05) is 13.0 Å². The summed E-state index contributed by atoms with van der Waals surface area (Å²) in [5, 5.41) is 9.21. The Morgan fingerprint density at radius 2 is 1.56 bits per heavy atom. The number of aliphatic hydroxyl groups is 1. The highest BCUT2D eigenvalue weighted by molar-refractivity contribution is 5.88. The van der Waals surface area contributed by atoms with Crippen LogP contribution in [0.25, 0.3) is 11.1 Å². The Bertz CT molecular complexity index is 1210. The van der Waals surface area contributed by atoms with Gasteiger partial charge in [0.25, 0.3) is 0 Å². The van der Waals surface area contributed by atoms with Crippen LogP contribution in [-0.4, -0.2) is 50.6 Å². The quantitative estimate of drug-likeness (QED) is 0.118. The molecule has 0 aliphatic heterocycles. The van der Waals surface area contributed by atoms with Gasteiger partial charge in [0.15, 0.2) is 0 Å². The van der Waals surface area contributed by atoms with Crippen LogP contribution in [0.3, 0.4) is 0 Å². The molecular weight excluding hydrogens is 540 g/mol. The summed E-state index contributed by atoms with van der Waals surface area (Å²) in [5.41, 5.74) is 7.02. The van der Waals surface area contributed by atoms with E-state index in [-0.39, 0.29) is 42.8 Å². The monoisotopic (exact) mass is 590 g/mol. The fraction of sp³-hybridized carbons (Fsp3) is 0.514. The van der Waals surface area contributed by atoms with Crippen molar-refractivity contribution in [1.29, 1.82) is 0 Å². The van der Waals surface area contributed by atoms with E-state index in [1.54, 1.807) is 0 Å². The zero-order valence-electron chi connectivity index (χ0n) is 26.4. The normalized spacial score (nSPS) is 17.2. The summed E-state index contributed by atoms with van der Waals surface area (Å²) >= 11 is 0. The second-order valence-electron chi connectivity index (χ2n) is 11.8. The van der Waals surface area contributed by atoms with Crippen molar-refractivity contribution in [3.63, 3.8) is 0 Å². The standard InChI is InChI=1S/C37H50O6/c1-6-8-9-10-28-11-20-35(29(7-2)21-28)33-18-16-31(17-19-33)30-12-14-32(15-13-30)34(24-42-36(39)26(3)22-38)25-43-37(40)27(4)23-41-5/h11,16-21,30,32,34,38H,3-4,6-10,12-15,22-25H2,1-2,5H3. The van der Waals surface area contributed by atoms with Gasteiger partial charge in [-0.25, -0.2) is 9.59 Å².